The second-order valence-corrected chi connectivity index (χ2v) is 7.37. The topological polar surface area (TPSA) is 28.7 Å². The minimum atomic E-state index is 0.420. The summed E-state index contributed by atoms with van der Waals surface area (Å²) in [5, 5.41) is 0. The van der Waals surface area contributed by atoms with Gasteiger partial charge in [-0.1, -0.05) is 50.3 Å². The zero-order valence-electron chi connectivity index (χ0n) is 12.3. The summed E-state index contributed by atoms with van der Waals surface area (Å²) in [6, 6.07) is 8.67. The molecule has 0 unspecified atom stereocenters. The van der Waals surface area contributed by atoms with E-state index >= 15 is 0 Å². The van der Waals surface area contributed by atoms with Crippen molar-refractivity contribution in [2.24, 2.45) is 5.92 Å². The largest absolute Gasteiger partial charge is 0.346 e. The molecule has 0 bridgehead atoms. The lowest BCUT2D eigenvalue weighted by atomic mass is 10.0. The van der Waals surface area contributed by atoms with Gasteiger partial charge in [-0.2, -0.15) is 0 Å². The quantitative estimate of drug-likeness (QED) is 0.779. The lowest BCUT2D eigenvalue weighted by Gasteiger charge is -2.14. The van der Waals surface area contributed by atoms with Crippen molar-refractivity contribution in [1.29, 1.82) is 0 Å². The van der Waals surface area contributed by atoms with Crippen LogP contribution in [0.3, 0.4) is 0 Å². The van der Waals surface area contributed by atoms with Gasteiger partial charge in [0.15, 0.2) is 0 Å². The number of H-pyrrole nitrogens is 1. The molecule has 0 fully saturated rings. The van der Waals surface area contributed by atoms with Crippen LogP contribution < -0.4 is 0 Å². The van der Waals surface area contributed by atoms with Crippen molar-refractivity contribution in [3.8, 4) is 0 Å². The first-order valence-electron chi connectivity index (χ1n) is 7.40. The molecule has 2 aromatic rings. The molecule has 2 nitrogen and oxygen atoms in total. The molecule has 1 aromatic heterocycles. The summed E-state index contributed by atoms with van der Waals surface area (Å²) in [7, 11) is 0. The fourth-order valence-electron chi connectivity index (χ4n) is 3.02. The zero-order chi connectivity index (χ0) is 15.0. The van der Waals surface area contributed by atoms with E-state index in [1.54, 1.807) is 0 Å². The maximum atomic E-state index is 5.43. The van der Waals surface area contributed by atoms with Crippen LogP contribution in [0, 0.1) is 10.6 Å². The van der Waals surface area contributed by atoms with E-state index in [0.29, 0.717) is 16.5 Å². The third-order valence-electron chi connectivity index (χ3n) is 4.00. The van der Waals surface area contributed by atoms with Crippen LogP contribution in [-0.2, 0) is 19.3 Å². The maximum absolute atomic E-state index is 5.43. The lowest BCUT2D eigenvalue weighted by Crippen LogP contribution is -2.09. The van der Waals surface area contributed by atoms with Crippen LogP contribution in [0.25, 0.3) is 0 Å². The van der Waals surface area contributed by atoms with Gasteiger partial charge in [0.1, 0.15) is 10.5 Å². The van der Waals surface area contributed by atoms with Crippen LogP contribution in [0.2, 0.25) is 0 Å². The van der Waals surface area contributed by atoms with E-state index in [2.05, 4.69) is 64.0 Å². The Morgan fingerprint density at radius 3 is 2.48 bits per heavy atom. The number of benzene rings is 1. The first-order valence-corrected chi connectivity index (χ1v) is 8.60. The Hall–Kier alpha value is -1.00. The minimum Gasteiger partial charge on any atom is -0.346 e. The standard InChI is InChI=1S/C17H19BrN2S/c1-10(2)7-14-15(18)17(21)20-16(19-14)13-8-11-5-3-4-6-12(11)9-13/h3-6,10,13H,7-9H2,1-2H3,(H,19,20,21). The van der Waals surface area contributed by atoms with Crippen LogP contribution in [0.1, 0.15) is 42.4 Å². The van der Waals surface area contributed by atoms with Crippen LogP contribution in [0.4, 0.5) is 0 Å². The highest BCUT2D eigenvalue weighted by molar-refractivity contribution is 9.10. The van der Waals surface area contributed by atoms with Crippen LogP contribution in [0.5, 0.6) is 0 Å². The molecule has 0 radical (unpaired) electrons. The van der Waals surface area contributed by atoms with E-state index in [-0.39, 0.29) is 0 Å². The molecule has 0 aliphatic heterocycles. The summed E-state index contributed by atoms with van der Waals surface area (Å²) in [5.41, 5.74) is 4.06. The van der Waals surface area contributed by atoms with Crippen molar-refractivity contribution in [3.63, 3.8) is 0 Å². The first-order chi connectivity index (χ1) is 10.0. The molecule has 0 spiro atoms. The number of nitrogens with zero attached hydrogens (tertiary/aromatic N) is 1. The Labute approximate surface area is 139 Å². The van der Waals surface area contributed by atoms with Gasteiger partial charge in [-0.3, -0.25) is 0 Å². The van der Waals surface area contributed by atoms with Crippen molar-refractivity contribution in [2.45, 2.75) is 39.0 Å². The van der Waals surface area contributed by atoms with Gasteiger partial charge in [-0.05, 0) is 52.2 Å². The second-order valence-electron chi connectivity index (χ2n) is 6.19. The van der Waals surface area contributed by atoms with Crippen LogP contribution in [0.15, 0.2) is 28.7 Å². The van der Waals surface area contributed by atoms with E-state index in [4.69, 9.17) is 12.2 Å². The summed E-state index contributed by atoms with van der Waals surface area (Å²) >= 11 is 9.01. The molecule has 0 amide bonds. The van der Waals surface area contributed by atoms with Crippen molar-refractivity contribution in [2.75, 3.05) is 0 Å². The van der Waals surface area contributed by atoms with Crippen LogP contribution >= 0.6 is 28.1 Å². The molecule has 1 aliphatic rings. The number of aromatic amines is 1. The fraction of sp³-hybridized carbons (Fsp3) is 0.412. The van der Waals surface area contributed by atoms with Crippen molar-refractivity contribution >= 4 is 28.1 Å². The van der Waals surface area contributed by atoms with Crippen molar-refractivity contribution in [1.82, 2.24) is 9.97 Å². The molecule has 1 aliphatic carbocycles. The molecule has 0 saturated carbocycles. The molecule has 0 saturated heterocycles. The monoisotopic (exact) mass is 362 g/mol. The predicted molar refractivity (Wildman–Crippen MR) is 92.3 cm³/mol. The first kappa shape index (κ1) is 14.9. The van der Waals surface area contributed by atoms with E-state index in [1.807, 2.05) is 0 Å². The van der Waals surface area contributed by atoms with E-state index in [1.165, 1.54) is 16.8 Å². The molecule has 21 heavy (non-hydrogen) atoms. The zero-order valence-corrected chi connectivity index (χ0v) is 14.7. The van der Waals surface area contributed by atoms with Gasteiger partial charge in [0.2, 0.25) is 0 Å². The van der Waals surface area contributed by atoms with Gasteiger partial charge in [0.05, 0.1) is 4.47 Å². The Morgan fingerprint density at radius 2 is 1.90 bits per heavy atom. The van der Waals surface area contributed by atoms with E-state index in [9.17, 15) is 0 Å². The molecule has 4 heteroatoms. The molecular formula is C17H19BrN2S. The number of halogens is 1. The average Bonchev–Trinajstić information content (AvgIpc) is 2.87. The van der Waals surface area contributed by atoms with E-state index in [0.717, 1.165) is 29.6 Å². The molecule has 1 aromatic carbocycles. The number of nitrogens with one attached hydrogen (secondary N) is 1. The summed E-state index contributed by atoms with van der Waals surface area (Å²) in [6.45, 7) is 4.43. The SMILES string of the molecule is CC(C)Cc1[nH]c(C2Cc3ccccc3C2)nc(=S)c1Br. The lowest BCUT2D eigenvalue weighted by molar-refractivity contribution is 0.612. The predicted octanol–water partition coefficient (Wildman–Crippen LogP) is 4.98. The molecule has 110 valence electrons. The number of hydrogen-bond donors (Lipinski definition) is 1. The minimum absolute atomic E-state index is 0.420. The average molecular weight is 363 g/mol. The van der Waals surface area contributed by atoms with Crippen LogP contribution in [-0.4, -0.2) is 9.97 Å². The third kappa shape index (κ3) is 3.11. The van der Waals surface area contributed by atoms with Crippen molar-refractivity contribution < 1.29 is 0 Å². The number of hydrogen-bond acceptors (Lipinski definition) is 2. The second kappa shape index (κ2) is 6.01. The Kier molecular flexibility index (Phi) is 4.27. The Morgan fingerprint density at radius 1 is 1.29 bits per heavy atom. The van der Waals surface area contributed by atoms with Gasteiger partial charge in [-0.25, -0.2) is 4.98 Å². The molecule has 0 atom stereocenters. The third-order valence-corrected chi connectivity index (χ3v) is 5.42. The highest BCUT2D eigenvalue weighted by Crippen LogP contribution is 2.33. The van der Waals surface area contributed by atoms with Gasteiger partial charge in [0, 0.05) is 11.6 Å². The Bertz CT molecular complexity index is 696. The van der Waals surface area contributed by atoms with Gasteiger partial charge >= 0.3 is 0 Å². The summed E-state index contributed by atoms with van der Waals surface area (Å²) in [5.74, 6) is 2.04. The molecule has 3 rings (SSSR count). The number of fused-ring (bicyclic) bond motifs is 1. The maximum Gasteiger partial charge on any atom is 0.144 e. The number of rotatable bonds is 3. The highest BCUT2D eigenvalue weighted by Gasteiger charge is 2.25. The fourth-order valence-corrected chi connectivity index (χ4v) is 3.59. The normalized spacial score (nSPS) is 14.7. The molecule has 1 N–H and O–H groups in total. The van der Waals surface area contributed by atoms with E-state index < -0.39 is 0 Å². The van der Waals surface area contributed by atoms with Gasteiger partial charge in [-0.15, -0.1) is 0 Å². The Balaban J connectivity index is 1.94. The highest BCUT2D eigenvalue weighted by atomic mass is 79.9. The van der Waals surface area contributed by atoms with Crippen molar-refractivity contribution in [3.05, 3.63) is 56.0 Å². The summed E-state index contributed by atoms with van der Waals surface area (Å²) in [6.07, 6.45) is 3.09. The number of aromatic nitrogens is 2. The summed E-state index contributed by atoms with van der Waals surface area (Å²) in [4.78, 5) is 8.16. The summed E-state index contributed by atoms with van der Waals surface area (Å²) < 4.78 is 1.63. The van der Waals surface area contributed by atoms with Gasteiger partial charge in [0.25, 0.3) is 0 Å². The van der Waals surface area contributed by atoms with Gasteiger partial charge < -0.3 is 4.98 Å². The smallest absolute Gasteiger partial charge is 0.144 e. The molecular weight excluding hydrogens is 344 g/mol. The molecule has 1 heterocycles.